The van der Waals surface area contributed by atoms with Crippen LogP contribution in [0.1, 0.15) is 5.56 Å². The molecule has 0 saturated heterocycles. The number of benzene rings is 2. The van der Waals surface area contributed by atoms with E-state index in [9.17, 15) is 4.79 Å². The molecule has 0 spiro atoms. The van der Waals surface area contributed by atoms with Gasteiger partial charge in [-0.1, -0.05) is 18.2 Å². The first-order valence-corrected chi connectivity index (χ1v) is 6.63. The van der Waals surface area contributed by atoms with Crippen LogP contribution in [0.2, 0.25) is 0 Å². The Balaban J connectivity index is 2.04. The third-order valence-corrected chi connectivity index (χ3v) is 3.53. The van der Waals surface area contributed by atoms with Crippen molar-refractivity contribution in [2.24, 2.45) is 0 Å². The molecule has 4 heteroatoms. The number of methoxy groups -OCH3 is 1. The fourth-order valence-electron chi connectivity index (χ4n) is 2.45. The summed E-state index contributed by atoms with van der Waals surface area (Å²) in [6, 6.07) is 13.8. The first kappa shape index (κ1) is 13.2. The number of carboxylic acid groups (broad SMARTS) is 1. The molecule has 0 unspecified atom stereocenters. The van der Waals surface area contributed by atoms with Gasteiger partial charge in [-0.3, -0.25) is 4.79 Å². The van der Waals surface area contributed by atoms with Gasteiger partial charge in [-0.05, 0) is 41.0 Å². The molecule has 3 aromatic rings. The molecule has 0 radical (unpaired) electrons. The monoisotopic (exact) mass is 281 g/mol. The number of hydrogen-bond donors (Lipinski definition) is 2. The van der Waals surface area contributed by atoms with E-state index in [0.29, 0.717) is 0 Å². The lowest BCUT2D eigenvalue weighted by atomic mass is 10.0. The fraction of sp³-hybridized carbons (Fsp3) is 0.118. The largest absolute Gasteiger partial charge is 0.497 e. The van der Waals surface area contributed by atoms with Crippen LogP contribution in [0.4, 0.5) is 0 Å². The van der Waals surface area contributed by atoms with Gasteiger partial charge in [0, 0.05) is 17.1 Å². The Morgan fingerprint density at radius 2 is 1.86 bits per heavy atom. The van der Waals surface area contributed by atoms with Crippen LogP contribution in [0.25, 0.3) is 22.0 Å². The SMILES string of the molecule is COc1ccc(-c2ccc3[nH]cc(CC(=O)O)c3c2)cc1. The summed E-state index contributed by atoms with van der Waals surface area (Å²) < 4.78 is 5.16. The Labute approximate surface area is 122 Å². The Bertz CT molecular complexity index is 787. The van der Waals surface area contributed by atoms with Crippen LogP contribution in [0.5, 0.6) is 5.75 Å². The lowest BCUT2D eigenvalue weighted by Gasteiger charge is -2.05. The highest BCUT2D eigenvalue weighted by Crippen LogP contribution is 2.27. The molecule has 2 aromatic carbocycles. The summed E-state index contributed by atoms with van der Waals surface area (Å²) >= 11 is 0. The number of carbonyl (C=O) groups is 1. The molecule has 1 aromatic heterocycles. The van der Waals surface area contributed by atoms with Crippen molar-refractivity contribution < 1.29 is 14.6 Å². The van der Waals surface area contributed by atoms with Crippen molar-refractivity contribution in [1.82, 2.24) is 4.98 Å². The molecular formula is C17H15NO3. The molecule has 4 nitrogen and oxygen atoms in total. The van der Waals surface area contributed by atoms with Gasteiger partial charge in [-0.15, -0.1) is 0 Å². The smallest absolute Gasteiger partial charge is 0.307 e. The minimum Gasteiger partial charge on any atom is -0.497 e. The van der Waals surface area contributed by atoms with Gasteiger partial charge in [-0.25, -0.2) is 0 Å². The number of aliphatic carboxylic acids is 1. The molecule has 0 aliphatic rings. The van der Waals surface area contributed by atoms with Crippen molar-refractivity contribution in [3.63, 3.8) is 0 Å². The number of hydrogen-bond acceptors (Lipinski definition) is 2. The molecule has 106 valence electrons. The minimum atomic E-state index is -0.828. The maximum atomic E-state index is 10.9. The molecular weight excluding hydrogens is 266 g/mol. The molecule has 21 heavy (non-hydrogen) atoms. The van der Waals surface area contributed by atoms with Gasteiger partial charge in [0.15, 0.2) is 0 Å². The van der Waals surface area contributed by atoms with Crippen molar-refractivity contribution in [3.8, 4) is 16.9 Å². The normalized spacial score (nSPS) is 10.7. The molecule has 0 aliphatic heterocycles. The number of nitrogens with one attached hydrogen (secondary N) is 1. The molecule has 3 rings (SSSR count). The van der Waals surface area contributed by atoms with E-state index in [2.05, 4.69) is 4.98 Å². The average molecular weight is 281 g/mol. The molecule has 1 heterocycles. The zero-order valence-corrected chi connectivity index (χ0v) is 11.6. The van der Waals surface area contributed by atoms with Gasteiger partial charge >= 0.3 is 5.97 Å². The predicted octanol–water partition coefficient (Wildman–Crippen LogP) is 3.47. The Morgan fingerprint density at radius 1 is 1.14 bits per heavy atom. The van der Waals surface area contributed by atoms with E-state index in [-0.39, 0.29) is 6.42 Å². The molecule has 0 bridgehead atoms. The van der Waals surface area contributed by atoms with Crippen molar-refractivity contribution in [1.29, 1.82) is 0 Å². The quantitative estimate of drug-likeness (QED) is 0.769. The van der Waals surface area contributed by atoms with E-state index in [1.54, 1.807) is 13.3 Å². The van der Waals surface area contributed by atoms with Crippen LogP contribution >= 0.6 is 0 Å². The maximum Gasteiger partial charge on any atom is 0.307 e. The first-order valence-electron chi connectivity index (χ1n) is 6.63. The van der Waals surface area contributed by atoms with Crippen molar-refractivity contribution in [2.45, 2.75) is 6.42 Å². The maximum absolute atomic E-state index is 10.9. The molecule has 0 aliphatic carbocycles. The summed E-state index contributed by atoms with van der Waals surface area (Å²) in [5.74, 6) is -0.0150. The fourth-order valence-corrected chi connectivity index (χ4v) is 2.45. The van der Waals surface area contributed by atoms with Gasteiger partial charge < -0.3 is 14.8 Å². The minimum absolute atomic E-state index is 0.0199. The highest BCUT2D eigenvalue weighted by Gasteiger charge is 2.09. The van der Waals surface area contributed by atoms with Crippen molar-refractivity contribution >= 4 is 16.9 Å². The number of fused-ring (bicyclic) bond motifs is 1. The molecule has 0 saturated carbocycles. The van der Waals surface area contributed by atoms with Crippen molar-refractivity contribution in [2.75, 3.05) is 7.11 Å². The highest BCUT2D eigenvalue weighted by atomic mass is 16.5. The summed E-state index contributed by atoms with van der Waals surface area (Å²) in [4.78, 5) is 14.0. The molecule has 2 N–H and O–H groups in total. The van der Waals surface area contributed by atoms with Crippen LogP contribution in [-0.2, 0) is 11.2 Å². The van der Waals surface area contributed by atoms with E-state index < -0.39 is 5.97 Å². The second-order valence-electron chi connectivity index (χ2n) is 4.87. The first-order chi connectivity index (χ1) is 10.2. The summed E-state index contributed by atoms with van der Waals surface area (Å²) in [6.07, 6.45) is 1.78. The van der Waals surface area contributed by atoms with Crippen LogP contribution in [0.3, 0.4) is 0 Å². The van der Waals surface area contributed by atoms with Gasteiger partial charge in [-0.2, -0.15) is 0 Å². The summed E-state index contributed by atoms with van der Waals surface area (Å²) in [5, 5.41) is 9.91. The summed E-state index contributed by atoms with van der Waals surface area (Å²) in [7, 11) is 1.64. The second kappa shape index (κ2) is 5.32. The number of carboxylic acids is 1. The molecule has 0 fully saturated rings. The van der Waals surface area contributed by atoms with Gasteiger partial charge in [0.1, 0.15) is 5.75 Å². The highest BCUT2D eigenvalue weighted by molar-refractivity contribution is 5.90. The third kappa shape index (κ3) is 2.60. The van der Waals surface area contributed by atoms with Gasteiger partial charge in [0.05, 0.1) is 13.5 Å². The van der Waals surface area contributed by atoms with E-state index >= 15 is 0 Å². The van der Waals surface area contributed by atoms with Gasteiger partial charge in [0.2, 0.25) is 0 Å². The third-order valence-electron chi connectivity index (χ3n) is 3.53. The molecule has 0 amide bonds. The van der Waals surface area contributed by atoms with Gasteiger partial charge in [0.25, 0.3) is 0 Å². The number of aromatic nitrogens is 1. The Morgan fingerprint density at radius 3 is 2.52 bits per heavy atom. The standard InChI is InChI=1S/C17H15NO3/c1-21-14-5-2-11(3-6-14)12-4-7-16-15(8-12)13(10-18-16)9-17(19)20/h2-8,10,18H,9H2,1H3,(H,19,20). The lowest BCUT2D eigenvalue weighted by molar-refractivity contribution is -0.136. The summed E-state index contributed by atoms with van der Waals surface area (Å²) in [5.41, 5.74) is 3.87. The second-order valence-corrected chi connectivity index (χ2v) is 4.87. The topological polar surface area (TPSA) is 62.3 Å². The van der Waals surface area contributed by atoms with E-state index in [1.165, 1.54) is 0 Å². The van der Waals surface area contributed by atoms with Crippen LogP contribution in [-0.4, -0.2) is 23.2 Å². The van der Waals surface area contributed by atoms with E-state index in [1.807, 2.05) is 42.5 Å². The van der Waals surface area contributed by atoms with Crippen LogP contribution in [0, 0.1) is 0 Å². The zero-order valence-electron chi connectivity index (χ0n) is 11.6. The Hall–Kier alpha value is -2.75. The number of aromatic amines is 1. The number of rotatable bonds is 4. The van der Waals surface area contributed by atoms with Crippen molar-refractivity contribution in [3.05, 3.63) is 54.2 Å². The van der Waals surface area contributed by atoms with Crippen LogP contribution < -0.4 is 4.74 Å². The molecule has 0 atom stereocenters. The average Bonchev–Trinajstić information content (AvgIpc) is 2.89. The Kier molecular flexibility index (Phi) is 3.36. The number of H-pyrrole nitrogens is 1. The summed E-state index contributed by atoms with van der Waals surface area (Å²) in [6.45, 7) is 0. The number of ether oxygens (including phenoxy) is 1. The predicted molar refractivity (Wildman–Crippen MR) is 81.6 cm³/mol. The lowest BCUT2D eigenvalue weighted by Crippen LogP contribution is -1.98. The van der Waals surface area contributed by atoms with E-state index in [0.717, 1.165) is 33.3 Å². The zero-order chi connectivity index (χ0) is 14.8. The van der Waals surface area contributed by atoms with Crippen LogP contribution in [0.15, 0.2) is 48.7 Å². The van der Waals surface area contributed by atoms with E-state index in [4.69, 9.17) is 9.84 Å².